The highest BCUT2D eigenvalue weighted by Gasteiger charge is 2.45. The lowest BCUT2D eigenvalue weighted by Gasteiger charge is -2.31. The monoisotopic (exact) mass is 316 g/mol. The maximum absolute atomic E-state index is 12.6. The summed E-state index contributed by atoms with van der Waals surface area (Å²) in [6, 6.07) is 4.97. The average molecular weight is 317 g/mol. The van der Waals surface area contributed by atoms with Crippen LogP contribution in [0.3, 0.4) is 0 Å². The number of benzene rings is 1. The molecule has 2 rings (SSSR count). The van der Waals surface area contributed by atoms with Gasteiger partial charge in [0.25, 0.3) is 0 Å². The summed E-state index contributed by atoms with van der Waals surface area (Å²) in [6.07, 6.45) is 0. The van der Waals surface area contributed by atoms with Gasteiger partial charge in [0.1, 0.15) is 0 Å². The second kappa shape index (κ2) is 5.90. The van der Waals surface area contributed by atoms with Crippen molar-refractivity contribution in [2.24, 2.45) is 11.1 Å². The van der Waals surface area contributed by atoms with Crippen LogP contribution in [-0.4, -0.2) is 37.1 Å². The number of carbonyl (C=O) groups is 1. The van der Waals surface area contributed by atoms with Crippen molar-refractivity contribution >= 4 is 29.1 Å². The largest absolute Gasteiger partial charge is 0.379 e. The van der Waals surface area contributed by atoms with Crippen molar-refractivity contribution in [2.45, 2.75) is 19.5 Å². The first-order valence-electron chi connectivity index (χ1n) is 6.37. The lowest BCUT2D eigenvalue weighted by atomic mass is 9.84. The molecule has 2 N–H and O–H groups in total. The minimum Gasteiger partial charge on any atom is -0.379 e. The maximum atomic E-state index is 12.6. The fraction of sp³-hybridized carbons (Fsp3) is 0.500. The number of carbonyl (C=O) groups excluding carboxylic acids is 1. The first-order valence-corrected chi connectivity index (χ1v) is 7.13. The van der Waals surface area contributed by atoms with Gasteiger partial charge < -0.3 is 15.4 Å². The lowest BCUT2D eigenvalue weighted by molar-refractivity contribution is -0.140. The molecule has 0 bridgehead atoms. The fourth-order valence-electron chi connectivity index (χ4n) is 2.32. The predicted octanol–water partition coefficient (Wildman–Crippen LogP) is 2.32. The van der Waals surface area contributed by atoms with Crippen molar-refractivity contribution in [1.29, 1.82) is 0 Å². The molecule has 6 heteroatoms. The molecule has 4 nitrogen and oxygen atoms in total. The molecule has 1 saturated heterocycles. The van der Waals surface area contributed by atoms with Crippen LogP contribution in [-0.2, 0) is 16.1 Å². The van der Waals surface area contributed by atoms with Crippen LogP contribution < -0.4 is 5.73 Å². The van der Waals surface area contributed by atoms with E-state index in [1.54, 1.807) is 24.1 Å². The van der Waals surface area contributed by atoms with Crippen LogP contribution in [0.2, 0.25) is 10.0 Å². The van der Waals surface area contributed by atoms with Gasteiger partial charge in [-0.05, 0) is 24.6 Å². The molecule has 0 saturated carbocycles. The molecule has 2 unspecified atom stereocenters. The minimum atomic E-state index is -0.673. The van der Waals surface area contributed by atoms with Gasteiger partial charge in [-0.25, -0.2) is 0 Å². The van der Waals surface area contributed by atoms with Crippen LogP contribution in [0, 0.1) is 5.41 Å². The third-order valence-corrected chi connectivity index (χ3v) is 4.36. The predicted molar refractivity (Wildman–Crippen MR) is 79.8 cm³/mol. The molecule has 110 valence electrons. The molecule has 1 aliphatic heterocycles. The van der Waals surface area contributed by atoms with Crippen LogP contribution in [0.15, 0.2) is 18.2 Å². The second-order valence-corrected chi connectivity index (χ2v) is 6.28. The van der Waals surface area contributed by atoms with E-state index in [9.17, 15) is 4.79 Å². The lowest BCUT2D eigenvalue weighted by Crippen LogP contribution is -2.50. The first-order chi connectivity index (χ1) is 9.34. The molecule has 1 amide bonds. The summed E-state index contributed by atoms with van der Waals surface area (Å²) < 4.78 is 5.32. The van der Waals surface area contributed by atoms with Crippen molar-refractivity contribution in [1.82, 2.24) is 4.90 Å². The molecule has 1 heterocycles. The van der Waals surface area contributed by atoms with E-state index in [0.717, 1.165) is 5.56 Å². The van der Waals surface area contributed by atoms with Crippen molar-refractivity contribution in [3.05, 3.63) is 33.8 Å². The molecule has 0 aliphatic carbocycles. The Morgan fingerprint density at radius 2 is 2.25 bits per heavy atom. The second-order valence-electron chi connectivity index (χ2n) is 5.44. The van der Waals surface area contributed by atoms with E-state index in [1.807, 2.05) is 13.0 Å². The maximum Gasteiger partial charge on any atom is 0.232 e. The Balaban J connectivity index is 2.11. The summed E-state index contributed by atoms with van der Waals surface area (Å²) in [4.78, 5) is 14.2. The number of hydrogen-bond donors (Lipinski definition) is 1. The van der Waals surface area contributed by atoms with Crippen LogP contribution in [0.1, 0.15) is 12.5 Å². The Labute approximate surface area is 128 Å². The highest BCUT2D eigenvalue weighted by molar-refractivity contribution is 6.35. The standard InChI is InChI=1S/C14H18Cl2N2O2/c1-14(8-20-7-12(14)17)13(19)18(2)6-9-3-4-10(15)5-11(9)16/h3-5,12H,6-8,17H2,1-2H3. The number of nitrogens with zero attached hydrogens (tertiary/aromatic N) is 1. The van der Waals surface area contributed by atoms with Gasteiger partial charge in [-0.15, -0.1) is 0 Å². The molecule has 0 radical (unpaired) electrons. The Bertz CT molecular complexity index is 524. The van der Waals surface area contributed by atoms with Crippen molar-refractivity contribution in [3.8, 4) is 0 Å². The number of nitrogens with two attached hydrogens (primary N) is 1. The number of amides is 1. The Kier molecular flexibility index (Phi) is 4.59. The van der Waals surface area contributed by atoms with E-state index in [-0.39, 0.29) is 11.9 Å². The Morgan fingerprint density at radius 3 is 2.80 bits per heavy atom. The van der Waals surface area contributed by atoms with Crippen LogP contribution in [0.25, 0.3) is 0 Å². The van der Waals surface area contributed by atoms with Gasteiger partial charge in [0, 0.05) is 29.7 Å². The van der Waals surface area contributed by atoms with E-state index < -0.39 is 5.41 Å². The summed E-state index contributed by atoms with van der Waals surface area (Å²) in [5, 5.41) is 1.13. The topological polar surface area (TPSA) is 55.6 Å². The smallest absolute Gasteiger partial charge is 0.232 e. The van der Waals surface area contributed by atoms with Crippen LogP contribution in [0.4, 0.5) is 0 Å². The summed E-state index contributed by atoms with van der Waals surface area (Å²) in [7, 11) is 1.74. The van der Waals surface area contributed by atoms with Gasteiger partial charge in [0.2, 0.25) is 5.91 Å². The fourth-order valence-corrected chi connectivity index (χ4v) is 2.79. The Morgan fingerprint density at radius 1 is 1.55 bits per heavy atom. The van der Waals surface area contributed by atoms with Crippen LogP contribution in [0.5, 0.6) is 0 Å². The van der Waals surface area contributed by atoms with Crippen LogP contribution >= 0.6 is 23.2 Å². The molecular formula is C14H18Cl2N2O2. The summed E-state index contributed by atoms with van der Waals surface area (Å²) in [5.74, 6) is -0.0338. The number of rotatable bonds is 3. The zero-order valence-electron chi connectivity index (χ0n) is 11.5. The molecule has 0 aromatic heterocycles. The van der Waals surface area contributed by atoms with E-state index in [0.29, 0.717) is 29.8 Å². The van der Waals surface area contributed by atoms with Crippen molar-refractivity contribution in [2.75, 3.05) is 20.3 Å². The average Bonchev–Trinajstić information content (AvgIpc) is 2.73. The van der Waals surface area contributed by atoms with E-state index in [2.05, 4.69) is 0 Å². The molecule has 1 aromatic rings. The summed E-state index contributed by atoms with van der Waals surface area (Å²) in [5.41, 5.74) is 6.16. The molecule has 1 fully saturated rings. The third kappa shape index (κ3) is 2.93. The SMILES string of the molecule is CN(Cc1ccc(Cl)cc1Cl)C(=O)C1(C)COCC1N. The Hall–Kier alpha value is -0.810. The zero-order valence-corrected chi connectivity index (χ0v) is 13.0. The summed E-state index contributed by atoms with van der Waals surface area (Å²) >= 11 is 12.0. The van der Waals surface area contributed by atoms with Gasteiger partial charge in [0.15, 0.2) is 0 Å². The normalized spacial score (nSPS) is 25.8. The molecule has 2 atom stereocenters. The molecule has 1 aromatic carbocycles. The van der Waals surface area contributed by atoms with E-state index in [4.69, 9.17) is 33.7 Å². The number of ether oxygens (including phenoxy) is 1. The van der Waals surface area contributed by atoms with Gasteiger partial charge in [-0.3, -0.25) is 4.79 Å². The zero-order chi connectivity index (χ0) is 14.9. The minimum absolute atomic E-state index is 0.0338. The van der Waals surface area contributed by atoms with Gasteiger partial charge in [-0.2, -0.15) is 0 Å². The number of hydrogen-bond acceptors (Lipinski definition) is 3. The molecule has 1 aliphatic rings. The third-order valence-electron chi connectivity index (χ3n) is 3.78. The quantitative estimate of drug-likeness (QED) is 0.931. The van der Waals surface area contributed by atoms with Crippen molar-refractivity contribution in [3.63, 3.8) is 0 Å². The molecule has 0 spiro atoms. The van der Waals surface area contributed by atoms with E-state index in [1.165, 1.54) is 0 Å². The first kappa shape index (κ1) is 15.6. The van der Waals surface area contributed by atoms with E-state index >= 15 is 0 Å². The van der Waals surface area contributed by atoms with Crippen molar-refractivity contribution < 1.29 is 9.53 Å². The summed E-state index contributed by atoms with van der Waals surface area (Å²) in [6.45, 7) is 3.02. The molecule has 20 heavy (non-hydrogen) atoms. The number of halogens is 2. The molecular weight excluding hydrogens is 299 g/mol. The van der Waals surface area contributed by atoms with Gasteiger partial charge in [-0.1, -0.05) is 29.3 Å². The van der Waals surface area contributed by atoms with Gasteiger partial charge in [0.05, 0.1) is 18.6 Å². The highest BCUT2D eigenvalue weighted by Crippen LogP contribution is 2.30. The van der Waals surface area contributed by atoms with Gasteiger partial charge >= 0.3 is 0 Å². The highest BCUT2D eigenvalue weighted by atomic mass is 35.5.